The van der Waals surface area contributed by atoms with Crippen molar-refractivity contribution < 1.29 is 4.57 Å². The maximum atomic E-state index is 11.2. The van der Waals surface area contributed by atoms with Crippen LogP contribution in [0.15, 0.2) is 47.8 Å². The van der Waals surface area contributed by atoms with Crippen LogP contribution >= 0.6 is 73.7 Å². The minimum Gasteiger partial charge on any atom is -0.372 e. The van der Waals surface area contributed by atoms with Crippen LogP contribution in [0.5, 0.6) is 0 Å². The van der Waals surface area contributed by atoms with Gasteiger partial charge >= 0.3 is 5.20 Å². The molecule has 1 aliphatic heterocycles. The second-order valence-corrected chi connectivity index (χ2v) is 13.1. The Labute approximate surface area is 194 Å². The van der Waals surface area contributed by atoms with Crippen LogP contribution in [-0.4, -0.2) is 15.0 Å². The molecule has 4 heterocycles. The summed E-state index contributed by atoms with van der Waals surface area (Å²) in [6, 6.07) is 5.24. The summed E-state index contributed by atoms with van der Waals surface area (Å²) in [7, 11) is 0. The Morgan fingerprint density at radius 2 is 1.66 bits per heavy atom. The van der Waals surface area contributed by atoms with Gasteiger partial charge in [-0.3, -0.25) is 9.36 Å². The molecule has 1 aliphatic rings. The first-order valence-corrected chi connectivity index (χ1v) is 13.2. The second-order valence-electron chi connectivity index (χ2n) is 5.30. The van der Waals surface area contributed by atoms with Crippen molar-refractivity contribution in [1.82, 2.24) is 20.3 Å². The molecule has 0 amide bonds. The van der Waals surface area contributed by atoms with Crippen molar-refractivity contribution in [2.45, 2.75) is 5.50 Å². The van der Waals surface area contributed by atoms with Crippen molar-refractivity contribution in [2.75, 3.05) is 0 Å². The van der Waals surface area contributed by atoms with E-state index >= 15 is 0 Å². The molecule has 13 heteroatoms. The number of hydrogen-bond acceptors (Lipinski definition) is 5. The molecule has 1 unspecified atom stereocenters. The molecule has 0 saturated heterocycles. The zero-order chi connectivity index (χ0) is 21.6. The monoisotopic (exact) mass is 532 g/mol. The summed E-state index contributed by atoms with van der Waals surface area (Å²) in [6.45, 7) is 0. The third-order valence-corrected chi connectivity index (χ3v) is 4.11. The van der Waals surface area contributed by atoms with Gasteiger partial charge in [0.1, 0.15) is 15.8 Å². The molecule has 0 bridgehead atoms. The van der Waals surface area contributed by atoms with E-state index in [0.717, 1.165) is 16.5 Å². The van der Waals surface area contributed by atoms with E-state index in [1.807, 2.05) is 6.08 Å². The number of nitrogens with one attached hydrogen (secondary N) is 2. The summed E-state index contributed by atoms with van der Waals surface area (Å²) in [4.78, 5) is 21.5. The van der Waals surface area contributed by atoms with Crippen LogP contribution in [-0.2, 0) is 4.57 Å². The molecule has 0 radical (unpaired) electrons. The van der Waals surface area contributed by atoms with Crippen molar-refractivity contribution in [3.8, 4) is 0 Å². The topological polar surface area (TPSA) is 87.7 Å². The van der Waals surface area contributed by atoms with Crippen molar-refractivity contribution in [3.05, 3.63) is 74.8 Å². The number of nitrogens with zero attached hydrogens (tertiary/aromatic N) is 2. The lowest BCUT2D eigenvalue weighted by molar-refractivity contribution is 0.600. The molecule has 0 aliphatic carbocycles. The minimum atomic E-state index is -3.22. The van der Waals surface area contributed by atoms with Gasteiger partial charge < -0.3 is 10.3 Å². The van der Waals surface area contributed by atoms with Gasteiger partial charge in [-0.1, -0.05) is 34.8 Å². The standard InChI is InChI=1S/C8H6Cl2N2.C8H5ClN2O.Cl3OP/c9-7-3-5-1-2-11-8(10)6(5)4-12-7;9-7-3-5-1-2-10-8(12)6(5)4-11-7;1-5(2,3)4/h1-4,8,11H;1-4H,(H,10,12);. The molecule has 4 rings (SSSR count). The lowest BCUT2D eigenvalue weighted by Crippen LogP contribution is -2.14. The van der Waals surface area contributed by atoms with Gasteiger partial charge in [0.2, 0.25) is 0 Å². The van der Waals surface area contributed by atoms with Crippen molar-refractivity contribution in [1.29, 1.82) is 0 Å². The maximum Gasteiger partial charge on any atom is 0.339 e. The van der Waals surface area contributed by atoms with E-state index in [1.165, 1.54) is 6.20 Å². The third-order valence-electron chi connectivity index (χ3n) is 3.34. The average molecular weight is 535 g/mol. The Balaban J connectivity index is 0.000000170. The van der Waals surface area contributed by atoms with E-state index in [0.29, 0.717) is 15.7 Å². The average Bonchev–Trinajstić information content (AvgIpc) is 2.61. The van der Waals surface area contributed by atoms with Crippen LogP contribution in [0.4, 0.5) is 0 Å². The number of hydrogen-bond donors (Lipinski definition) is 2. The summed E-state index contributed by atoms with van der Waals surface area (Å²) in [6.07, 6.45) is 8.46. The summed E-state index contributed by atoms with van der Waals surface area (Å²) in [5, 5.41) is 1.99. The highest BCUT2D eigenvalue weighted by Gasteiger charge is 2.13. The number of alkyl halides is 1. The number of rotatable bonds is 0. The number of H-pyrrole nitrogens is 1. The van der Waals surface area contributed by atoms with Gasteiger partial charge in [-0.05, 0) is 75.1 Å². The molecule has 6 nitrogen and oxygen atoms in total. The van der Waals surface area contributed by atoms with Crippen molar-refractivity contribution in [3.63, 3.8) is 0 Å². The highest BCUT2D eigenvalue weighted by atomic mass is 36.0. The van der Waals surface area contributed by atoms with E-state index in [9.17, 15) is 9.36 Å². The van der Waals surface area contributed by atoms with E-state index in [1.54, 1.807) is 36.8 Å². The van der Waals surface area contributed by atoms with E-state index < -0.39 is 5.20 Å². The highest BCUT2D eigenvalue weighted by molar-refractivity contribution is 8.24. The number of aromatic nitrogens is 3. The highest BCUT2D eigenvalue weighted by Crippen LogP contribution is 2.61. The van der Waals surface area contributed by atoms with E-state index in [-0.39, 0.29) is 11.1 Å². The molecule has 2 N–H and O–H groups in total. The van der Waals surface area contributed by atoms with E-state index in [2.05, 4.69) is 54.0 Å². The molecular weight excluding hydrogens is 524 g/mol. The maximum absolute atomic E-state index is 11.2. The first-order chi connectivity index (χ1) is 13.5. The molecule has 154 valence electrons. The second kappa shape index (κ2) is 10.9. The van der Waals surface area contributed by atoms with Crippen LogP contribution in [0.2, 0.25) is 10.3 Å². The Morgan fingerprint density at radius 3 is 2.34 bits per heavy atom. The van der Waals surface area contributed by atoms with Crippen LogP contribution in [0.25, 0.3) is 16.8 Å². The molecule has 0 saturated carbocycles. The first kappa shape index (κ1) is 24.3. The summed E-state index contributed by atoms with van der Waals surface area (Å²) < 4.78 is 9.51. The van der Waals surface area contributed by atoms with Gasteiger partial charge in [0, 0.05) is 24.2 Å². The molecule has 3 aromatic heterocycles. The number of fused-ring (bicyclic) bond motifs is 2. The lowest BCUT2D eigenvalue weighted by atomic mass is 10.1. The summed E-state index contributed by atoms with van der Waals surface area (Å²) in [5.41, 5.74) is 1.64. The molecule has 1 atom stereocenters. The van der Waals surface area contributed by atoms with E-state index in [4.69, 9.17) is 34.8 Å². The molecule has 0 aromatic carbocycles. The molecular formula is C16H11Cl6N4O2P. The molecule has 0 fully saturated rings. The fourth-order valence-corrected chi connectivity index (χ4v) is 2.77. The Hall–Kier alpha value is -0.980. The van der Waals surface area contributed by atoms with Crippen LogP contribution in [0.3, 0.4) is 0 Å². The third kappa shape index (κ3) is 8.35. The first-order valence-electron chi connectivity index (χ1n) is 7.58. The number of halogens is 6. The Morgan fingerprint density at radius 1 is 1.03 bits per heavy atom. The Bertz CT molecular complexity index is 1130. The largest absolute Gasteiger partial charge is 0.372 e. The minimum absolute atomic E-state index is 0.142. The normalized spacial score (nSPS) is 14.6. The lowest BCUT2D eigenvalue weighted by Gasteiger charge is -2.16. The summed E-state index contributed by atoms with van der Waals surface area (Å²) in [5.74, 6) is 0. The van der Waals surface area contributed by atoms with Crippen molar-refractivity contribution >= 4 is 90.6 Å². The predicted octanol–water partition coefficient (Wildman–Crippen LogP) is 6.93. The van der Waals surface area contributed by atoms with Crippen LogP contribution in [0.1, 0.15) is 16.6 Å². The quantitative estimate of drug-likeness (QED) is 0.141. The Kier molecular flexibility index (Phi) is 9.11. The van der Waals surface area contributed by atoms with Gasteiger partial charge in [-0.2, -0.15) is 0 Å². The fourth-order valence-electron chi connectivity index (χ4n) is 2.18. The predicted molar refractivity (Wildman–Crippen MR) is 123 cm³/mol. The number of pyridine rings is 3. The van der Waals surface area contributed by atoms with Crippen LogP contribution in [0, 0.1) is 0 Å². The van der Waals surface area contributed by atoms with Gasteiger partial charge in [0.05, 0.1) is 5.39 Å². The van der Waals surface area contributed by atoms with Crippen molar-refractivity contribution in [2.24, 2.45) is 0 Å². The number of aromatic amines is 1. The van der Waals surface area contributed by atoms with Gasteiger partial charge in [0.25, 0.3) is 5.56 Å². The zero-order valence-corrected chi connectivity index (χ0v) is 19.6. The molecule has 3 aromatic rings. The summed E-state index contributed by atoms with van der Waals surface area (Å²) >= 11 is 31.2. The smallest absolute Gasteiger partial charge is 0.339 e. The molecule has 29 heavy (non-hydrogen) atoms. The van der Waals surface area contributed by atoms with Gasteiger partial charge in [0.15, 0.2) is 0 Å². The molecule has 0 spiro atoms. The SMILES string of the molecule is Clc1cc2c(cn1)C(Cl)NC=C2.O=P(Cl)(Cl)Cl.O=c1[nH]ccc2cc(Cl)ncc12. The fraction of sp³-hybridized carbons (Fsp3) is 0.0625. The zero-order valence-electron chi connectivity index (χ0n) is 14.1. The van der Waals surface area contributed by atoms with Crippen LogP contribution < -0.4 is 10.9 Å². The van der Waals surface area contributed by atoms with Gasteiger partial charge in [-0.15, -0.1) is 0 Å². The van der Waals surface area contributed by atoms with Gasteiger partial charge in [-0.25, -0.2) is 9.97 Å².